The Morgan fingerprint density at radius 2 is 1.89 bits per heavy atom. The molecular formula is C16H26OSi. The lowest BCUT2D eigenvalue weighted by Crippen LogP contribution is -2.19. The molecular weight excluding hydrogens is 236 g/mol. The lowest BCUT2D eigenvalue weighted by Gasteiger charge is -2.27. The topological polar surface area (TPSA) is 9.23 Å². The van der Waals surface area contributed by atoms with Crippen molar-refractivity contribution in [2.45, 2.75) is 46.1 Å². The van der Waals surface area contributed by atoms with E-state index >= 15 is 0 Å². The van der Waals surface area contributed by atoms with E-state index in [1.807, 2.05) is 6.07 Å². The molecule has 0 fully saturated rings. The summed E-state index contributed by atoms with van der Waals surface area (Å²) >= 11 is 0. The first-order valence-electron chi connectivity index (χ1n) is 6.74. The van der Waals surface area contributed by atoms with Crippen molar-refractivity contribution >= 4 is 9.76 Å². The first kappa shape index (κ1) is 15.0. The van der Waals surface area contributed by atoms with E-state index in [9.17, 15) is 0 Å². The fourth-order valence-corrected chi connectivity index (χ4v) is 2.62. The Kier molecular flexibility index (Phi) is 5.67. The van der Waals surface area contributed by atoms with Crippen LogP contribution in [-0.4, -0.2) is 9.76 Å². The molecule has 1 aromatic rings. The maximum absolute atomic E-state index is 5.90. The van der Waals surface area contributed by atoms with E-state index in [1.165, 1.54) is 5.56 Å². The van der Waals surface area contributed by atoms with Crippen molar-refractivity contribution in [1.82, 2.24) is 0 Å². The Hall–Kier alpha value is -1.02. The van der Waals surface area contributed by atoms with Gasteiger partial charge in [-0.15, -0.1) is 0 Å². The molecule has 1 aromatic carbocycles. The summed E-state index contributed by atoms with van der Waals surface area (Å²) in [5.74, 6) is 0.960. The Morgan fingerprint density at radius 3 is 2.44 bits per heavy atom. The average molecular weight is 262 g/mol. The van der Waals surface area contributed by atoms with Crippen LogP contribution in [0.2, 0.25) is 5.54 Å². The van der Waals surface area contributed by atoms with Gasteiger partial charge in [0, 0.05) is 6.42 Å². The minimum atomic E-state index is -0.516. The third-order valence-electron chi connectivity index (χ3n) is 3.55. The highest BCUT2D eigenvalue weighted by atomic mass is 28.2. The molecule has 0 aromatic heterocycles. The molecule has 0 amide bonds. The molecule has 0 spiro atoms. The second-order valence-corrected chi connectivity index (χ2v) is 7.95. The van der Waals surface area contributed by atoms with E-state index in [2.05, 4.69) is 58.5 Å². The van der Waals surface area contributed by atoms with Crippen molar-refractivity contribution in [3.05, 3.63) is 48.2 Å². The maximum atomic E-state index is 5.90. The third kappa shape index (κ3) is 5.54. The first-order chi connectivity index (χ1) is 8.39. The second kappa shape index (κ2) is 6.79. The molecule has 1 rings (SSSR count). The van der Waals surface area contributed by atoms with Crippen LogP contribution in [0.1, 0.15) is 39.7 Å². The molecule has 0 aliphatic heterocycles. The third-order valence-corrected chi connectivity index (χ3v) is 5.85. The molecule has 0 heterocycles. The maximum Gasteiger partial charge on any atom is 0.222 e. The van der Waals surface area contributed by atoms with E-state index in [0.29, 0.717) is 11.0 Å². The molecule has 0 aliphatic rings. The minimum Gasteiger partial charge on any atom is -0.552 e. The SMILES string of the molecule is C=C(CCc1ccccc1)O[SiH2]C(C)C(C)(C)C. The number of allylic oxidation sites excluding steroid dienone is 1. The predicted molar refractivity (Wildman–Crippen MR) is 82.4 cm³/mol. The highest BCUT2D eigenvalue weighted by molar-refractivity contribution is 6.30. The largest absolute Gasteiger partial charge is 0.552 e. The van der Waals surface area contributed by atoms with Gasteiger partial charge >= 0.3 is 0 Å². The van der Waals surface area contributed by atoms with Gasteiger partial charge in [-0.1, -0.05) is 64.6 Å². The van der Waals surface area contributed by atoms with Crippen LogP contribution in [0.15, 0.2) is 42.7 Å². The summed E-state index contributed by atoms with van der Waals surface area (Å²) in [5, 5.41) is 0. The minimum absolute atomic E-state index is 0.353. The summed E-state index contributed by atoms with van der Waals surface area (Å²) in [4.78, 5) is 0. The monoisotopic (exact) mass is 262 g/mol. The summed E-state index contributed by atoms with van der Waals surface area (Å²) in [7, 11) is -0.516. The van der Waals surface area contributed by atoms with Crippen LogP contribution in [0, 0.1) is 5.41 Å². The highest BCUT2D eigenvalue weighted by Gasteiger charge is 2.21. The summed E-state index contributed by atoms with van der Waals surface area (Å²) in [6.07, 6.45) is 1.96. The van der Waals surface area contributed by atoms with Crippen molar-refractivity contribution in [3.8, 4) is 0 Å². The number of hydrogen-bond donors (Lipinski definition) is 0. The van der Waals surface area contributed by atoms with Gasteiger partial charge in [-0.05, 0) is 22.9 Å². The van der Waals surface area contributed by atoms with Gasteiger partial charge in [-0.25, -0.2) is 0 Å². The second-order valence-electron chi connectivity index (χ2n) is 6.10. The van der Waals surface area contributed by atoms with Gasteiger partial charge in [0.25, 0.3) is 0 Å². The van der Waals surface area contributed by atoms with Gasteiger partial charge < -0.3 is 4.43 Å². The summed E-state index contributed by atoms with van der Waals surface area (Å²) in [5.41, 5.74) is 2.38. The van der Waals surface area contributed by atoms with Crippen LogP contribution in [-0.2, 0) is 10.8 Å². The molecule has 0 saturated heterocycles. The van der Waals surface area contributed by atoms with Crippen molar-refractivity contribution in [2.75, 3.05) is 0 Å². The fourth-order valence-electron chi connectivity index (χ4n) is 1.49. The van der Waals surface area contributed by atoms with Crippen molar-refractivity contribution < 1.29 is 4.43 Å². The summed E-state index contributed by atoms with van der Waals surface area (Å²) in [6.45, 7) is 13.2. The molecule has 1 unspecified atom stereocenters. The van der Waals surface area contributed by atoms with E-state index in [1.54, 1.807) is 0 Å². The lowest BCUT2D eigenvalue weighted by atomic mass is 9.93. The molecule has 18 heavy (non-hydrogen) atoms. The zero-order valence-corrected chi connectivity index (χ0v) is 13.6. The van der Waals surface area contributed by atoms with Crippen LogP contribution in [0.5, 0.6) is 0 Å². The predicted octanol–water partition coefficient (Wildman–Crippen LogP) is 4.09. The Labute approximate surface area is 114 Å². The van der Waals surface area contributed by atoms with E-state index < -0.39 is 9.76 Å². The van der Waals surface area contributed by atoms with Crippen LogP contribution in [0.3, 0.4) is 0 Å². The molecule has 2 heteroatoms. The van der Waals surface area contributed by atoms with E-state index in [-0.39, 0.29) is 0 Å². The van der Waals surface area contributed by atoms with Crippen LogP contribution >= 0.6 is 0 Å². The van der Waals surface area contributed by atoms with Gasteiger partial charge in [-0.3, -0.25) is 0 Å². The van der Waals surface area contributed by atoms with E-state index in [0.717, 1.165) is 18.6 Å². The summed E-state index contributed by atoms with van der Waals surface area (Å²) < 4.78 is 5.90. The Balaban J connectivity index is 2.27. The molecule has 0 bridgehead atoms. The molecule has 100 valence electrons. The first-order valence-corrected chi connectivity index (χ1v) is 8.13. The lowest BCUT2D eigenvalue weighted by molar-refractivity contribution is 0.348. The van der Waals surface area contributed by atoms with Gasteiger partial charge in [0.1, 0.15) is 0 Å². The number of rotatable bonds is 6. The number of benzene rings is 1. The number of aryl methyl sites for hydroxylation is 1. The van der Waals surface area contributed by atoms with Crippen LogP contribution in [0.4, 0.5) is 0 Å². The van der Waals surface area contributed by atoms with Gasteiger partial charge in [0.2, 0.25) is 9.76 Å². The van der Waals surface area contributed by atoms with Crippen LogP contribution < -0.4 is 0 Å². The Bertz CT molecular complexity index is 364. The quantitative estimate of drug-likeness (QED) is 0.554. The smallest absolute Gasteiger partial charge is 0.222 e. The van der Waals surface area contributed by atoms with E-state index in [4.69, 9.17) is 4.43 Å². The van der Waals surface area contributed by atoms with Gasteiger partial charge in [0.05, 0.1) is 5.76 Å². The normalized spacial score (nSPS) is 13.8. The molecule has 0 N–H and O–H groups in total. The zero-order valence-electron chi connectivity index (χ0n) is 12.2. The van der Waals surface area contributed by atoms with Gasteiger partial charge in [-0.2, -0.15) is 0 Å². The fraction of sp³-hybridized carbons (Fsp3) is 0.500. The van der Waals surface area contributed by atoms with Gasteiger partial charge in [0.15, 0.2) is 0 Å². The standard InChI is InChI=1S/C16H26OSi/c1-13(17-18-14(2)16(3,4)5)11-12-15-9-7-6-8-10-15/h6-10,14H,1,11-12,18H2,2-5H3. The highest BCUT2D eigenvalue weighted by Crippen LogP contribution is 2.30. The van der Waals surface area contributed by atoms with Crippen molar-refractivity contribution in [1.29, 1.82) is 0 Å². The zero-order chi connectivity index (χ0) is 13.6. The van der Waals surface area contributed by atoms with Crippen molar-refractivity contribution in [3.63, 3.8) is 0 Å². The molecule has 0 saturated carbocycles. The molecule has 1 nitrogen and oxygen atoms in total. The summed E-state index contributed by atoms with van der Waals surface area (Å²) in [6, 6.07) is 10.5. The number of hydrogen-bond acceptors (Lipinski definition) is 1. The molecule has 0 radical (unpaired) electrons. The average Bonchev–Trinajstić information content (AvgIpc) is 2.33. The molecule has 0 aliphatic carbocycles. The molecule has 1 atom stereocenters. The Morgan fingerprint density at radius 1 is 1.28 bits per heavy atom. The van der Waals surface area contributed by atoms with Crippen molar-refractivity contribution in [2.24, 2.45) is 5.41 Å². The van der Waals surface area contributed by atoms with Crippen LogP contribution in [0.25, 0.3) is 0 Å².